The highest BCUT2D eigenvalue weighted by Gasteiger charge is 2.54. The van der Waals surface area contributed by atoms with Gasteiger partial charge in [0.05, 0.1) is 35.4 Å². The molecule has 170 valence electrons. The van der Waals surface area contributed by atoms with E-state index in [2.05, 4.69) is 5.32 Å². The maximum Gasteiger partial charge on any atom is 0.481 e. The van der Waals surface area contributed by atoms with Gasteiger partial charge in [0.25, 0.3) is 0 Å². The fourth-order valence-corrected chi connectivity index (χ4v) is 2.86. The first-order chi connectivity index (χ1) is 13.5. The summed E-state index contributed by atoms with van der Waals surface area (Å²) < 4.78 is 36.3. The van der Waals surface area contributed by atoms with Crippen molar-refractivity contribution in [1.82, 2.24) is 5.32 Å². The van der Waals surface area contributed by atoms with Crippen LogP contribution in [0.4, 0.5) is 4.39 Å². The number of methoxy groups -OCH3 is 1. The fourth-order valence-electron chi connectivity index (χ4n) is 2.74. The number of amides is 1. The Hall–Kier alpha value is -1.10. The van der Waals surface area contributed by atoms with Gasteiger partial charge in [-0.3, -0.25) is 4.79 Å². The number of nitrogens with two attached hydrogens (primary N) is 1. The van der Waals surface area contributed by atoms with Crippen molar-refractivity contribution in [3.05, 3.63) is 29.0 Å². The molecule has 1 aliphatic rings. The van der Waals surface area contributed by atoms with E-state index in [0.29, 0.717) is 12.2 Å². The maximum atomic E-state index is 13.6. The number of nitrogens with one attached hydrogen (secondary N) is 1. The lowest BCUT2D eigenvalue weighted by molar-refractivity contribution is -0.123. The summed E-state index contributed by atoms with van der Waals surface area (Å²) in [6, 6.07) is 3.38. The summed E-state index contributed by atoms with van der Waals surface area (Å²) in [5.41, 5.74) is 4.71. The van der Waals surface area contributed by atoms with Crippen LogP contribution in [0.1, 0.15) is 34.1 Å². The Balaban J connectivity index is 0.00000450. The lowest BCUT2D eigenvalue weighted by Crippen LogP contribution is -2.54. The van der Waals surface area contributed by atoms with Crippen molar-refractivity contribution in [1.29, 1.82) is 0 Å². The third-order valence-electron chi connectivity index (χ3n) is 5.20. The first-order valence-corrected chi connectivity index (χ1v) is 9.83. The number of rotatable bonds is 9. The van der Waals surface area contributed by atoms with Gasteiger partial charge in [-0.25, -0.2) is 4.39 Å². The summed E-state index contributed by atoms with van der Waals surface area (Å²) in [4.78, 5) is 12.4. The van der Waals surface area contributed by atoms with E-state index in [1.54, 1.807) is 6.07 Å². The number of hydrogen-bond donors (Lipinski definition) is 2. The van der Waals surface area contributed by atoms with Gasteiger partial charge in [0.15, 0.2) is 0 Å². The van der Waals surface area contributed by atoms with Gasteiger partial charge in [-0.05, 0) is 39.8 Å². The van der Waals surface area contributed by atoms with Gasteiger partial charge in [-0.15, -0.1) is 12.4 Å². The van der Waals surface area contributed by atoms with Crippen LogP contribution in [0.2, 0.25) is 5.02 Å². The molecular weight excluding hydrogens is 437 g/mol. The monoisotopic (exact) mass is 466 g/mol. The molecule has 0 spiro atoms. The third kappa shape index (κ3) is 6.70. The van der Waals surface area contributed by atoms with Crippen LogP contribution >= 0.6 is 24.0 Å². The van der Waals surface area contributed by atoms with Gasteiger partial charge in [0.1, 0.15) is 17.6 Å². The van der Waals surface area contributed by atoms with Gasteiger partial charge in [-0.1, -0.05) is 11.6 Å². The Bertz CT molecular complexity index is 710. The van der Waals surface area contributed by atoms with Crippen molar-refractivity contribution < 1.29 is 28.0 Å². The molecule has 1 aromatic carbocycles. The first-order valence-electron chi connectivity index (χ1n) is 9.45. The highest BCUT2D eigenvalue weighted by Crippen LogP contribution is 2.37. The van der Waals surface area contributed by atoms with Crippen LogP contribution in [0.25, 0.3) is 0 Å². The molecule has 1 unspecified atom stereocenters. The standard InChI is InChI=1S/C19H29BClFN2O5.ClH/c1-18(2)19(3,4)29-20(28-18)16(24-17(25)15(23)11-26-5)8-9-27-12-6-7-13(21)14(22)10-12;/h6-7,10,15-16H,8-9,11,23H2,1-5H3,(H,24,25);1H/t15?,16-;/m0./s1. The Morgan fingerprint density at radius 2 is 1.90 bits per heavy atom. The molecule has 1 fully saturated rings. The zero-order chi connectivity index (χ0) is 21.8. The minimum Gasteiger partial charge on any atom is -0.493 e. The van der Waals surface area contributed by atoms with Crippen LogP contribution in [0.5, 0.6) is 5.75 Å². The first kappa shape index (κ1) is 26.9. The highest BCUT2D eigenvalue weighted by atomic mass is 35.5. The number of hydrogen-bond acceptors (Lipinski definition) is 6. The molecule has 0 bridgehead atoms. The predicted molar refractivity (Wildman–Crippen MR) is 117 cm³/mol. The highest BCUT2D eigenvalue weighted by molar-refractivity contribution is 6.48. The van der Waals surface area contributed by atoms with Crippen LogP contribution < -0.4 is 15.8 Å². The molecule has 1 saturated heterocycles. The quantitative estimate of drug-likeness (QED) is 0.543. The minimum absolute atomic E-state index is 0. The van der Waals surface area contributed by atoms with Gasteiger partial charge in [-0.2, -0.15) is 0 Å². The van der Waals surface area contributed by atoms with Crippen molar-refractivity contribution in [2.75, 3.05) is 20.3 Å². The van der Waals surface area contributed by atoms with Crippen LogP contribution in [0.15, 0.2) is 18.2 Å². The third-order valence-corrected chi connectivity index (χ3v) is 5.51. The molecule has 1 heterocycles. The van der Waals surface area contributed by atoms with E-state index in [-0.39, 0.29) is 36.6 Å². The number of carbonyl (C=O) groups is 1. The van der Waals surface area contributed by atoms with E-state index < -0.39 is 36.1 Å². The van der Waals surface area contributed by atoms with Crippen LogP contribution in [-0.4, -0.2) is 56.5 Å². The van der Waals surface area contributed by atoms with Gasteiger partial charge in [0.2, 0.25) is 5.91 Å². The van der Waals surface area contributed by atoms with Crippen molar-refractivity contribution >= 4 is 37.0 Å². The zero-order valence-corrected chi connectivity index (χ0v) is 19.4. The number of carbonyl (C=O) groups excluding carboxylic acids is 1. The lowest BCUT2D eigenvalue weighted by atomic mass is 9.76. The lowest BCUT2D eigenvalue weighted by Gasteiger charge is -2.32. The molecule has 0 saturated carbocycles. The second-order valence-electron chi connectivity index (χ2n) is 8.01. The van der Waals surface area contributed by atoms with Crippen molar-refractivity contribution in [3.63, 3.8) is 0 Å². The molecule has 0 radical (unpaired) electrons. The van der Waals surface area contributed by atoms with E-state index in [4.69, 9.17) is 36.1 Å². The van der Waals surface area contributed by atoms with Gasteiger partial charge in [0, 0.05) is 19.6 Å². The molecular formula is C19H30BCl2FN2O5. The fraction of sp³-hybridized carbons (Fsp3) is 0.632. The Kier molecular flexibility index (Phi) is 9.85. The van der Waals surface area contributed by atoms with E-state index in [1.807, 2.05) is 27.7 Å². The predicted octanol–water partition coefficient (Wildman–Crippen LogP) is 2.76. The summed E-state index contributed by atoms with van der Waals surface area (Å²) in [6.45, 7) is 7.98. The number of halogens is 3. The molecule has 2 atom stereocenters. The van der Waals surface area contributed by atoms with E-state index >= 15 is 0 Å². The van der Waals surface area contributed by atoms with Crippen molar-refractivity contribution in [3.8, 4) is 5.75 Å². The average Bonchev–Trinajstić information content (AvgIpc) is 2.84. The van der Waals surface area contributed by atoms with E-state index in [1.165, 1.54) is 19.2 Å². The smallest absolute Gasteiger partial charge is 0.481 e. The number of benzene rings is 1. The second-order valence-corrected chi connectivity index (χ2v) is 8.42. The van der Waals surface area contributed by atoms with Gasteiger partial charge < -0.3 is 29.8 Å². The van der Waals surface area contributed by atoms with Crippen molar-refractivity contribution in [2.45, 2.75) is 57.3 Å². The Labute approximate surface area is 188 Å². The molecule has 1 aliphatic heterocycles. The van der Waals surface area contributed by atoms with E-state index in [9.17, 15) is 9.18 Å². The van der Waals surface area contributed by atoms with E-state index in [0.717, 1.165) is 0 Å². The molecule has 2 rings (SSSR count). The largest absolute Gasteiger partial charge is 0.493 e. The molecule has 7 nitrogen and oxygen atoms in total. The second kappa shape index (κ2) is 11.0. The van der Waals surface area contributed by atoms with Crippen LogP contribution in [-0.2, 0) is 18.8 Å². The summed E-state index contributed by atoms with van der Waals surface area (Å²) in [6.07, 6.45) is 0.354. The minimum atomic E-state index is -0.823. The Morgan fingerprint density at radius 1 is 1.30 bits per heavy atom. The molecule has 1 amide bonds. The Morgan fingerprint density at radius 3 is 2.43 bits per heavy atom. The summed E-state index contributed by atoms with van der Waals surface area (Å²) >= 11 is 5.68. The maximum absolute atomic E-state index is 13.6. The van der Waals surface area contributed by atoms with Crippen LogP contribution in [0, 0.1) is 5.82 Å². The summed E-state index contributed by atoms with van der Waals surface area (Å²) in [7, 11) is 0.780. The average molecular weight is 467 g/mol. The zero-order valence-electron chi connectivity index (χ0n) is 17.9. The SMILES string of the molecule is COCC(N)C(=O)N[C@@H](CCOc1ccc(Cl)c(F)c1)B1OC(C)(C)C(C)(C)O1.Cl. The molecule has 1 aromatic rings. The molecule has 0 aromatic heterocycles. The molecule has 11 heteroatoms. The van der Waals surface area contributed by atoms with Crippen LogP contribution in [0.3, 0.4) is 0 Å². The molecule has 3 N–H and O–H groups in total. The normalized spacial score (nSPS) is 19.0. The molecule has 30 heavy (non-hydrogen) atoms. The van der Waals surface area contributed by atoms with Crippen molar-refractivity contribution in [2.24, 2.45) is 5.73 Å². The van der Waals surface area contributed by atoms with Gasteiger partial charge >= 0.3 is 7.12 Å². The molecule has 0 aliphatic carbocycles. The summed E-state index contributed by atoms with van der Waals surface area (Å²) in [5, 5.41) is 2.88. The number of ether oxygens (including phenoxy) is 2. The topological polar surface area (TPSA) is 92.0 Å². The summed E-state index contributed by atoms with van der Waals surface area (Å²) in [5.74, 6) is -1.14.